The second-order valence-electron chi connectivity index (χ2n) is 0.442. The first-order valence-electron chi connectivity index (χ1n) is 1.07. The second-order valence-corrected chi connectivity index (χ2v) is 1.08. The Hall–Kier alpha value is -0.868. The zero-order valence-electron chi connectivity index (χ0n) is 3.34. The number of hydrogen-bond acceptors (Lipinski definition) is 5. The van der Waals surface area contributed by atoms with Crippen LogP contribution in [0.1, 0.15) is 0 Å². The van der Waals surface area contributed by atoms with Gasteiger partial charge in [0, 0.05) is 0 Å². The van der Waals surface area contributed by atoms with Gasteiger partial charge in [-0.3, -0.25) is 0 Å². The van der Waals surface area contributed by atoms with Gasteiger partial charge in [-0.05, 0) is 0 Å². The molecule has 0 rings (SSSR count). The molecule has 0 saturated heterocycles. The molecular weight excluding hydrogens is 162 g/mol. The molecule has 8 heavy (non-hydrogen) atoms. The van der Waals surface area contributed by atoms with Gasteiger partial charge >= 0.3 is 25.4 Å². The first-order chi connectivity index (χ1) is 3.46. The van der Waals surface area contributed by atoms with E-state index in [9.17, 15) is 0 Å². The van der Waals surface area contributed by atoms with Crippen LogP contribution in [0.15, 0.2) is 0 Å². The van der Waals surface area contributed by atoms with Crippen molar-refractivity contribution in [3.63, 3.8) is 0 Å². The molecule has 0 unspecified atom stereocenters. The fourth-order valence-corrected chi connectivity index (χ4v) is 0. The van der Waals surface area contributed by atoms with Gasteiger partial charge in [0.2, 0.25) is 0 Å². The van der Waals surface area contributed by atoms with Crippen molar-refractivity contribution < 1.29 is 35.7 Å². The van der Waals surface area contributed by atoms with E-state index in [1.165, 1.54) is 0 Å². The van der Waals surface area contributed by atoms with Crippen molar-refractivity contribution in [2.24, 2.45) is 0 Å². The van der Waals surface area contributed by atoms with Crippen molar-refractivity contribution in [3.05, 3.63) is 10.1 Å². The van der Waals surface area contributed by atoms with Crippen LogP contribution in [-0.4, -0.2) is 10.3 Å². The van der Waals surface area contributed by atoms with Gasteiger partial charge in [0.05, 0.1) is 0 Å². The summed E-state index contributed by atoms with van der Waals surface area (Å²) >= 11 is -3.79. The van der Waals surface area contributed by atoms with E-state index in [-0.39, 0.29) is 0 Å². The van der Waals surface area contributed by atoms with Crippen LogP contribution in [0, 0.1) is 10.1 Å². The number of rotatable bonds is 0. The van der Waals surface area contributed by atoms with E-state index in [0.717, 1.165) is 0 Å². The van der Waals surface area contributed by atoms with Gasteiger partial charge in [0.15, 0.2) is 0 Å². The summed E-state index contributed by atoms with van der Waals surface area (Å²) in [4.78, 5) is 8.36. The molecule has 0 saturated carbocycles. The molecule has 48 valence electrons. The third-order valence-corrected chi connectivity index (χ3v) is 0. The Bertz CT molecular complexity index is 137. The molecule has 0 spiro atoms. The molecule has 0 amide bonds. The molecule has 0 atom stereocenters. The first-order valence-corrected chi connectivity index (χ1v) is 2.63. The van der Waals surface area contributed by atoms with Gasteiger partial charge in [-0.15, -0.1) is 10.1 Å². The van der Waals surface area contributed by atoms with E-state index in [4.69, 9.17) is 26.7 Å². The molecule has 0 radical (unpaired) electrons. The van der Waals surface area contributed by atoms with E-state index in [0.29, 0.717) is 0 Å². The summed E-state index contributed by atoms with van der Waals surface area (Å²) in [7, 11) is 0. The monoisotopic (exact) mass is 163 g/mol. The molecule has 8 heteroatoms. The Kier molecular flexibility index (Phi) is 7.81. The number of hydrogen-bond donors (Lipinski definition) is 1. The zero-order valence-corrected chi connectivity index (χ0v) is 4.62. The van der Waals surface area contributed by atoms with E-state index in [1.807, 2.05) is 0 Å². The molecule has 0 aliphatic carbocycles. The quantitative estimate of drug-likeness (QED) is 0.372. The summed E-state index contributed by atoms with van der Waals surface area (Å²) in [6, 6.07) is 0. The van der Waals surface area contributed by atoms with Crippen LogP contribution in [0.25, 0.3) is 0 Å². The summed E-state index contributed by atoms with van der Waals surface area (Å²) in [5.74, 6) is 0. The fraction of sp³-hybridized carbons (Fsp3) is 0. The van der Waals surface area contributed by atoms with Crippen LogP contribution in [0.3, 0.4) is 0 Å². The fourth-order valence-electron chi connectivity index (χ4n) is 0. The maximum absolute atomic E-state index is 8.54. The van der Waals surface area contributed by atoms with Gasteiger partial charge < -0.3 is 5.21 Å². The Morgan fingerprint density at radius 1 is 1.38 bits per heavy atom. The van der Waals surface area contributed by atoms with Crippen LogP contribution in [0.2, 0.25) is 0 Å². The summed E-state index contributed by atoms with van der Waals surface area (Å²) in [6.07, 6.45) is 0. The molecule has 0 heterocycles. The van der Waals surface area contributed by atoms with Gasteiger partial charge in [-0.1, -0.05) is 0 Å². The topological polar surface area (TPSA) is 115 Å². The first kappa shape index (κ1) is 10.2. The van der Waals surface area contributed by atoms with E-state index in [1.54, 1.807) is 0 Å². The molecule has 0 aromatic carbocycles. The van der Waals surface area contributed by atoms with Crippen molar-refractivity contribution >= 4 is 0 Å². The Balaban J connectivity index is 0. The summed E-state index contributed by atoms with van der Waals surface area (Å²) in [6.45, 7) is 0. The van der Waals surface area contributed by atoms with E-state index in [2.05, 4.69) is 0 Å². The standard InChI is InChI=1S/Cr.HNO3.3O/c;2-1(3)4;;;/h;(H,2,3,4);;;. The molecule has 0 aromatic rings. The number of nitrogens with zero attached hydrogens (tertiary/aromatic N) is 1. The van der Waals surface area contributed by atoms with E-state index >= 15 is 0 Å². The summed E-state index contributed by atoms with van der Waals surface area (Å²) in [5, 5.41) is 13.6. The van der Waals surface area contributed by atoms with E-state index < -0.39 is 19.0 Å². The zero-order chi connectivity index (χ0) is 7.15. The average Bonchev–Trinajstić information content (AvgIpc) is 1.25. The third-order valence-electron chi connectivity index (χ3n) is 0. The van der Waals surface area contributed by atoms with Gasteiger partial charge in [0.25, 0.3) is 5.09 Å². The van der Waals surface area contributed by atoms with Crippen molar-refractivity contribution in [2.45, 2.75) is 0 Å². The molecule has 7 nitrogen and oxygen atoms in total. The minimum atomic E-state index is -3.79. The molecular formula is HCrNO6. The van der Waals surface area contributed by atoms with Gasteiger partial charge in [0.1, 0.15) is 0 Å². The van der Waals surface area contributed by atoms with Crippen LogP contribution in [0.4, 0.5) is 0 Å². The SMILES string of the molecule is O=[N+]([O-])O.[O]=[Cr](=[O])=[O]. The van der Waals surface area contributed by atoms with Crippen molar-refractivity contribution in [3.8, 4) is 0 Å². The van der Waals surface area contributed by atoms with Crippen LogP contribution >= 0.6 is 0 Å². The molecule has 0 fully saturated rings. The van der Waals surface area contributed by atoms with Crippen molar-refractivity contribution in [1.82, 2.24) is 0 Å². The molecule has 1 N–H and O–H groups in total. The van der Waals surface area contributed by atoms with Crippen LogP contribution < -0.4 is 0 Å². The Labute approximate surface area is 46.7 Å². The molecule has 0 aliphatic rings. The summed E-state index contributed by atoms with van der Waals surface area (Å²) < 4.78 is 25.6. The predicted octanol–water partition coefficient (Wildman–Crippen LogP) is -0.707. The van der Waals surface area contributed by atoms with Crippen molar-refractivity contribution in [2.75, 3.05) is 0 Å². The maximum atomic E-state index is 8.54. The summed E-state index contributed by atoms with van der Waals surface area (Å²) in [5.41, 5.74) is 0. The van der Waals surface area contributed by atoms with Gasteiger partial charge in [-0.25, -0.2) is 0 Å². The second kappa shape index (κ2) is 6.13. The molecule has 0 bridgehead atoms. The van der Waals surface area contributed by atoms with Gasteiger partial charge in [-0.2, -0.15) is 0 Å². The minimum absolute atomic E-state index is 1.50. The Morgan fingerprint density at radius 3 is 1.38 bits per heavy atom. The molecule has 0 aliphatic heterocycles. The predicted molar refractivity (Wildman–Crippen MR) is 10.8 cm³/mol. The third kappa shape index (κ3) is 116. The normalized spacial score (nSPS) is 6.00. The Morgan fingerprint density at radius 2 is 1.38 bits per heavy atom. The van der Waals surface area contributed by atoms with Crippen LogP contribution in [-0.2, 0) is 25.4 Å². The average molecular weight is 163 g/mol. The van der Waals surface area contributed by atoms with Crippen molar-refractivity contribution in [1.29, 1.82) is 0 Å². The van der Waals surface area contributed by atoms with Crippen LogP contribution in [0.5, 0.6) is 0 Å². The molecule has 0 aromatic heterocycles.